The third-order valence-electron chi connectivity index (χ3n) is 2.42. The van der Waals surface area contributed by atoms with Crippen molar-refractivity contribution < 1.29 is 8.42 Å². The SMILES string of the molecule is O=S(=O)(NCCSCc1cccs1)c1ccccc1. The minimum Gasteiger partial charge on any atom is -0.210 e. The Balaban J connectivity index is 1.73. The van der Waals surface area contributed by atoms with E-state index in [-0.39, 0.29) is 0 Å². The van der Waals surface area contributed by atoms with E-state index in [1.807, 2.05) is 11.4 Å². The largest absolute Gasteiger partial charge is 0.240 e. The molecule has 0 amide bonds. The van der Waals surface area contributed by atoms with Gasteiger partial charge in [-0.1, -0.05) is 24.3 Å². The number of hydrogen-bond donors (Lipinski definition) is 1. The van der Waals surface area contributed by atoms with Gasteiger partial charge >= 0.3 is 0 Å². The van der Waals surface area contributed by atoms with Crippen LogP contribution in [0.3, 0.4) is 0 Å². The molecule has 0 radical (unpaired) electrons. The molecule has 0 atom stereocenters. The molecule has 0 fully saturated rings. The van der Waals surface area contributed by atoms with Crippen LogP contribution >= 0.6 is 23.1 Å². The van der Waals surface area contributed by atoms with Crippen LogP contribution in [-0.4, -0.2) is 20.7 Å². The minimum atomic E-state index is -3.36. The predicted octanol–water partition coefficient (Wildman–Crippen LogP) is 2.96. The number of thiophene rings is 1. The van der Waals surface area contributed by atoms with Crippen LogP contribution < -0.4 is 4.72 Å². The van der Waals surface area contributed by atoms with Crippen molar-refractivity contribution in [2.45, 2.75) is 10.6 Å². The molecule has 2 aromatic rings. The van der Waals surface area contributed by atoms with Crippen LogP contribution in [0.2, 0.25) is 0 Å². The normalized spacial score (nSPS) is 11.6. The van der Waals surface area contributed by atoms with Crippen LogP contribution in [0.5, 0.6) is 0 Å². The van der Waals surface area contributed by atoms with Crippen LogP contribution in [0, 0.1) is 0 Å². The van der Waals surface area contributed by atoms with Crippen LogP contribution in [0.1, 0.15) is 4.88 Å². The van der Waals surface area contributed by atoms with Gasteiger partial charge in [0.05, 0.1) is 4.90 Å². The highest BCUT2D eigenvalue weighted by Gasteiger charge is 2.11. The molecule has 102 valence electrons. The smallest absolute Gasteiger partial charge is 0.210 e. The van der Waals surface area contributed by atoms with E-state index in [4.69, 9.17) is 0 Å². The maximum absolute atomic E-state index is 11.9. The van der Waals surface area contributed by atoms with Gasteiger partial charge in [-0.3, -0.25) is 0 Å². The quantitative estimate of drug-likeness (QED) is 0.799. The van der Waals surface area contributed by atoms with Crippen molar-refractivity contribution in [2.24, 2.45) is 0 Å². The van der Waals surface area contributed by atoms with E-state index in [0.29, 0.717) is 11.4 Å². The summed E-state index contributed by atoms with van der Waals surface area (Å²) in [6.45, 7) is 0.452. The van der Waals surface area contributed by atoms with Crippen LogP contribution in [0.15, 0.2) is 52.7 Å². The first-order valence-corrected chi connectivity index (χ1v) is 9.35. The fourth-order valence-electron chi connectivity index (χ4n) is 1.50. The van der Waals surface area contributed by atoms with E-state index in [0.717, 1.165) is 11.5 Å². The molecule has 6 heteroatoms. The maximum atomic E-state index is 11.9. The van der Waals surface area contributed by atoms with Crippen molar-refractivity contribution in [3.63, 3.8) is 0 Å². The Hall–Kier alpha value is -0.820. The fourth-order valence-corrected chi connectivity index (χ4v) is 4.38. The molecule has 2 rings (SSSR count). The van der Waals surface area contributed by atoms with E-state index < -0.39 is 10.0 Å². The van der Waals surface area contributed by atoms with Crippen molar-refractivity contribution in [1.29, 1.82) is 0 Å². The third kappa shape index (κ3) is 4.65. The first-order chi connectivity index (χ1) is 9.18. The Morgan fingerprint density at radius 1 is 1.11 bits per heavy atom. The highest BCUT2D eigenvalue weighted by molar-refractivity contribution is 7.98. The van der Waals surface area contributed by atoms with Gasteiger partial charge in [0.25, 0.3) is 0 Å². The molecule has 19 heavy (non-hydrogen) atoms. The standard InChI is InChI=1S/C13H15NO2S3/c15-19(16,13-6-2-1-3-7-13)14-8-10-17-11-12-5-4-9-18-12/h1-7,9,14H,8,10-11H2. The first kappa shape index (κ1) is 14.6. The van der Waals surface area contributed by atoms with Gasteiger partial charge in [0.15, 0.2) is 0 Å². The summed E-state index contributed by atoms with van der Waals surface area (Å²) in [6, 6.07) is 12.6. The maximum Gasteiger partial charge on any atom is 0.240 e. The van der Waals surface area contributed by atoms with E-state index >= 15 is 0 Å². The molecule has 0 bridgehead atoms. The van der Waals surface area contributed by atoms with Crippen molar-refractivity contribution in [2.75, 3.05) is 12.3 Å². The second kappa shape index (κ2) is 7.09. The first-order valence-electron chi connectivity index (χ1n) is 5.83. The summed E-state index contributed by atoms with van der Waals surface area (Å²) in [5.74, 6) is 1.70. The summed E-state index contributed by atoms with van der Waals surface area (Å²) in [5.41, 5.74) is 0. The van der Waals surface area contributed by atoms with Crippen LogP contribution in [0.25, 0.3) is 0 Å². The second-order valence-electron chi connectivity index (χ2n) is 3.84. The Morgan fingerprint density at radius 3 is 2.58 bits per heavy atom. The molecule has 0 spiro atoms. The lowest BCUT2D eigenvalue weighted by Gasteiger charge is -2.06. The number of benzene rings is 1. The highest BCUT2D eigenvalue weighted by atomic mass is 32.2. The molecule has 0 aliphatic carbocycles. The molecular formula is C13H15NO2S3. The Labute approximate surface area is 122 Å². The van der Waals surface area contributed by atoms with Crippen molar-refractivity contribution in [3.05, 3.63) is 52.7 Å². The summed E-state index contributed by atoms with van der Waals surface area (Å²) >= 11 is 3.45. The molecule has 1 N–H and O–H groups in total. The molecule has 1 aromatic carbocycles. The number of nitrogens with one attached hydrogen (secondary N) is 1. The lowest BCUT2D eigenvalue weighted by atomic mass is 10.4. The molecule has 1 aromatic heterocycles. The molecule has 3 nitrogen and oxygen atoms in total. The summed E-state index contributed by atoms with van der Waals surface area (Å²) in [7, 11) is -3.36. The topological polar surface area (TPSA) is 46.2 Å². The fraction of sp³-hybridized carbons (Fsp3) is 0.231. The predicted molar refractivity (Wildman–Crippen MR) is 82.1 cm³/mol. The van der Waals surface area contributed by atoms with E-state index in [1.165, 1.54) is 4.88 Å². The van der Waals surface area contributed by atoms with Gasteiger partial charge in [-0.15, -0.1) is 11.3 Å². The Bertz CT molecular complexity index is 580. The zero-order valence-electron chi connectivity index (χ0n) is 10.3. The zero-order chi connectivity index (χ0) is 13.6. The lowest BCUT2D eigenvalue weighted by molar-refractivity contribution is 0.584. The molecule has 1 heterocycles. The molecule has 0 saturated heterocycles. The Kier molecular flexibility index (Phi) is 5.45. The van der Waals surface area contributed by atoms with Gasteiger partial charge in [0.2, 0.25) is 10.0 Å². The van der Waals surface area contributed by atoms with E-state index in [9.17, 15) is 8.42 Å². The second-order valence-corrected chi connectivity index (χ2v) is 7.75. The van der Waals surface area contributed by atoms with Crippen LogP contribution in [-0.2, 0) is 15.8 Å². The van der Waals surface area contributed by atoms with Gasteiger partial charge in [0, 0.05) is 22.9 Å². The van der Waals surface area contributed by atoms with Crippen LogP contribution in [0.4, 0.5) is 0 Å². The van der Waals surface area contributed by atoms with Crippen molar-refractivity contribution >= 4 is 33.1 Å². The minimum absolute atomic E-state index is 0.318. The molecule has 0 aliphatic heterocycles. The highest BCUT2D eigenvalue weighted by Crippen LogP contribution is 2.16. The average Bonchev–Trinajstić information content (AvgIpc) is 2.92. The van der Waals surface area contributed by atoms with Gasteiger partial charge in [-0.05, 0) is 23.6 Å². The molecular weight excluding hydrogens is 298 g/mol. The van der Waals surface area contributed by atoms with Crippen molar-refractivity contribution in [1.82, 2.24) is 4.72 Å². The molecule has 0 aliphatic rings. The number of rotatable bonds is 7. The van der Waals surface area contributed by atoms with E-state index in [2.05, 4.69) is 10.8 Å². The van der Waals surface area contributed by atoms with Gasteiger partial charge in [0.1, 0.15) is 0 Å². The monoisotopic (exact) mass is 313 g/mol. The summed E-state index contributed by atoms with van der Waals surface area (Å²) in [5, 5.41) is 2.05. The van der Waals surface area contributed by atoms with Gasteiger partial charge in [-0.25, -0.2) is 13.1 Å². The average molecular weight is 313 g/mol. The summed E-state index contributed by atoms with van der Waals surface area (Å²) in [4.78, 5) is 1.63. The van der Waals surface area contributed by atoms with E-state index in [1.54, 1.807) is 53.4 Å². The zero-order valence-corrected chi connectivity index (χ0v) is 12.7. The summed E-state index contributed by atoms with van der Waals surface area (Å²) < 4.78 is 26.4. The van der Waals surface area contributed by atoms with Crippen molar-refractivity contribution in [3.8, 4) is 0 Å². The van der Waals surface area contributed by atoms with Gasteiger partial charge < -0.3 is 0 Å². The Morgan fingerprint density at radius 2 is 1.89 bits per heavy atom. The summed E-state index contributed by atoms with van der Waals surface area (Å²) in [6.07, 6.45) is 0. The van der Waals surface area contributed by atoms with Gasteiger partial charge in [-0.2, -0.15) is 11.8 Å². The number of hydrogen-bond acceptors (Lipinski definition) is 4. The number of sulfonamides is 1. The third-order valence-corrected chi connectivity index (χ3v) is 5.96. The lowest BCUT2D eigenvalue weighted by Crippen LogP contribution is -2.25. The molecule has 0 saturated carbocycles. The number of thioether (sulfide) groups is 1. The molecule has 0 unspecified atom stereocenters.